The molecular formula is C15H20F2. The first kappa shape index (κ1) is 13.9. The molecule has 0 radical (unpaired) electrons. The molecule has 0 atom stereocenters. The van der Waals surface area contributed by atoms with Crippen molar-refractivity contribution in [3.63, 3.8) is 0 Å². The third kappa shape index (κ3) is 3.39. The second-order valence-corrected chi connectivity index (χ2v) is 3.92. The molecule has 1 aliphatic rings. The minimum absolute atomic E-state index is 0.128. The Labute approximate surface area is 102 Å². The topological polar surface area (TPSA) is 0 Å². The van der Waals surface area contributed by atoms with E-state index in [0.717, 1.165) is 24.0 Å². The third-order valence-electron chi connectivity index (χ3n) is 2.88. The Morgan fingerprint density at radius 1 is 1.24 bits per heavy atom. The van der Waals surface area contributed by atoms with Crippen molar-refractivity contribution in [1.82, 2.24) is 0 Å². The fourth-order valence-corrected chi connectivity index (χ4v) is 2.08. The second-order valence-electron chi connectivity index (χ2n) is 3.92. The van der Waals surface area contributed by atoms with Crippen LogP contribution in [-0.2, 0) is 12.8 Å². The Balaban J connectivity index is 0.000000686. The molecular weight excluding hydrogens is 218 g/mol. The summed E-state index contributed by atoms with van der Waals surface area (Å²) in [6.45, 7) is 6.10. The van der Waals surface area contributed by atoms with Gasteiger partial charge in [0.05, 0.1) is 0 Å². The van der Waals surface area contributed by atoms with Gasteiger partial charge in [0, 0.05) is 6.42 Å². The molecule has 2 rings (SSSR count). The Morgan fingerprint density at radius 2 is 1.94 bits per heavy atom. The number of benzene rings is 1. The van der Waals surface area contributed by atoms with Gasteiger partial charge in [-0.3, -0.25) is 0 Å². The molecule has 0 fully saturated rings. The first-order valence-corrected chi connectivity index (χ1v) is 6.29. The second kappa shape index (κ2) is 6.53. The molecule has 0 saturated heterocycles. The summed E-state index contributed by atoms with van der Waals surface area (Å²) in [6, 6.07) is 5.71. The van der Waals surface area contributed by atoms with Gasteiger partial charge < -0.3 is 0 Å². The summed E-state index contributed by atoms with van der Waals surface area (Å²) in [5.74, 6) is 0. The predicted molar refractivity (Wildman–Crippen MR) is 69.5 cm³/mol. The molecule has 0 spiro atoms. The van der Waals surface area contributed by atoms with Crippen LogP contribution in [0.15, 0.2) is 23.8 Å². The first-order valence-electron chi connectivity index (χ1n) is 6.29. The van der Waals surface area contributed by atoms with Gasteiger partial charge in [-0.1, -0.05) is 50.6 Å². The number of allylic oxidation sites excluding steroid dienone is 1. The third-order valence-corrected chi connectivity index (χ3v) is 2.88. The fourth-order valence-electron chi connectivity index (χ4n) is 2.08. The fraction of sp³-hybridized carbons (Fsp3) is 0.467. The molecule has 0 aliphatic heterocycles. The highest BCUT2D eigenvalue weighted by atomic mass is 19.3. The van der Waals surface area contributed by atoms with Crippen LogP contribution in [0.5, 0.6) is 0 Å². The predicted octanol–water partition coefficient (Wildman–Crippen LogP) is 4.87. The summed E-state index contributed by atoms with van der Waals surface area (Å²) in [5.41, 5.74) is 4.36. The summed E-state index contributed by atoms with van der Waals surface area (Å²) >= 11 is 0. The van der Waals surface area contributed by atoms with E-state index in [2.05, 4.69) is 13.0 Å². The monoisotopic (exact) mass is 238 g/mol. The lowest BCUT2D eigenvalue weighted by Gasteiger charge is -2.06. The van der Waals surface area contributed by atoms with Gasteiger partial charge in [-0.05, 0) is 29.5 Å². The molecule has 0 nitrogen and oxygen atoms in total. The van der Waals surface area contributed by atoms with Crippen LogP contribution in [0.4, 0.5) is 8.78 Å². The lowest BCUT2D eigenvalue weighted by molar-refractivity contribution is 0.149. The lowest BCUT2D eigenvalue weighted by atomic mass is 10.0. The van der Waals surface area contributed by atoms with Gasteiger partial charge in [0.15, 0.2) is 0 Å². The minimum atomic E-state index is -2.25. The Bertz CT molecular complexity index is 392. The van der Waals surface area contributed by atoms with Crippen molar-refractivity contribution in [2.75, 3.05) is 0 Å². The molecule has 0 heterocycles. The van der Waals surface area contributed by atoms with E-state index in [0.29, 0.717) is 0 Å². The van der Waals surface area contributed by atoms with E-state index in [-0.39, 0.29) is 6.42 Å². The summed E-state index contributed by atoms with van der Waals surface area (Å²) in [4.78, 5) is 0. The minimum Gasteiger partial charge on any atom is -0.210 e. The average molecular weight is 238 g/mol. The van der Waals surface area contributed by atoms with E-state index in [4.69, 9.17) is 0 Å². The standard InChI is InChI=1S/C13H14F2.C2H6/c1-2-9-6-10-4-3-5-11(8-13(14)15)12(10)7-9;1-2/h3-5,7,13H,2,6,8H2,1H3;1-2H3. The molecule has 0 bridgehead atoms. The van der Waals surface area contributed by atoms with Crippen molar-refractivity contribution in [2.24, 2.45) is 0 Å². The Kier molecular flexibility index (Phi) is 5.33. The van der Waals surface area contributed by atoms with Crippen molar-refractivity contribution in [1.29, 1.82) is 0 Å². The molecule has 0 aromatic heterocycles. The molecule has 0 amide bonds. The molecule has 1 aliphatic carbocycles. The molecule has 17 heavy (non-hydrogen) atoms. The zero-order chi connectivity index (χ0) is 12.8. The van der Waals surface area contributed by atoms with Crippen LogP contribution in [0.2, 0.25) is 0 Å². The molecule has 1 aromatic carbocycles. The van der Waals surface area contributed by atoms with Crippen LogP contribution in [0, 0.1) is 0 Å². The summed E-state index contributed by atoms with van der Waals surface area (Å²) in [5, 5.41) is 0. The molecule has 1 aromatic rings. The molecule has 0 unspecified atom stereocenters. The number of hydrogen-bond acceptors (Lipinski definition) is 0. The number of hydrogen-bond donors (Lipinski definition) is 0. The highest BCUT2D eigenvalue weighted by Crippen LogP contribution is 2.30. The van der Waals surface area contributed by atoms with Gasteiger partial charge in [-0.2, -0.15) is 0 Å². The van der Waals surface area contributed by atoms with Crippen LogP contribution < -0.4 is 0 Å². The van der Waals surface area contributed by atoms with Crippen molar-refractivity contribution < 1.29 is 8.78 Å². The normalized spacial score (nSPS) is 12.9. The van der Waals surface area contributed by atoms with Crippen molar-refractivity contribution in [3.05, 3.63) is 40.5 Å². The number of fused-ring (bicyclic) bond motifs is 1. The van der Waals surface area contributed by atoms with E-state index >= 15 is 0 Å². The Hall–Kier alpha value is -1.18. The van der Waals surface area contributed by atoms with E-state index in [1.807, 2.05) is 26.0 Å². The molecule has 94 valence electrons. The molecule has 0 N–H and O–H groups in total. The summed E-state index contributed by atoms with van der Waals surface area (Å²) in [6.07, 6.45) is 1.63. The maximum absolute atomic E-state index is 12.3. The van der Waals surface area contributed by atoms with Crippen molar-refractivity contribution in [2.45, 2.75) is 46.5 Å². The number of alkyl halides is 2. The quantitative estimate of drug-likeness (QED) is 0.704. The van der Waals surface area contributed by atoms with Gasteiger partial charge in [0.2, 0.25) is 6.43 Å². The van der Waals surface area contributed by atoms with E-state index in [1.54, 1.807) is 6.07 Å². The zero-order valence-corrected chi connectivity index (χ0v) is 10.8. The van der Waals surface area contributed by atoms with Gasteiger partial charge in [-0.15, -0.1) is 0 Å². The zero-order valence-electron chi connectivity index (χ0n) is 10.8. The van der Waals surface area contributed by atoms with Crippen molar-refractivity contribution >= 4 is 6.08 Å². The molecule has 2 heteroatoms. The molecule has 0 saturated carbocycles. The van der Waals surface area contributed by atoms with Crippen LogP contribution >= 0.6 is 0 Å². The van der Waals surface area contributed by atoms with Crippen LogP contribution in [0.3, 0.4) is 0 Å². The highest BCUT2D eigenvalue weighted by Gasteiger charge is 2.16. The van der Waals surface area contributed by atoms with Gasteiger partial charge >= 0.3 is 0 Å². The van der Waals surface area contributed by atoms with Crippen LogP contribution in [0.25, 0.3) is 6.08 Å². The van der Waals surface area contributed by atoms with Crippen molar-refractivity contribution in [3.8, 4) is 0 Å². The maximum Gasteiger partial charge on any atom is 0.242 e. The van der Waals surface area contributed by atoms with E-state index < -0.39 is 6.43 Å². The maximum atomic E-state index is 12.3. The van der Waals surface area contributed by atoms with Crippen LogP contribution in [0.1, 0.15) is 43.9 Å². The number of rotatable bonds is 3. The highest BCUT2D eigenvalue weighted by molar-refractivity contribution is 5.66. The van der Waals surface area contributed by atoms with E-state index in [1.165, 1.54) is 11.1 Å². The van der Waals surface area contributed by atoms with Gasteiger partial charge in [-0.25, -0.2) is 8.78 Å². The van der Waals surface area contributed by atoms with E-state index in [9.17, 15) is 8.78 Å². The average Bonchev–Trinajstić information content (AvgIpc) is 2.75. The SMILES string of the molecule is CC.CCC1=Cc2c(cccc2CC(F)F)C1. The van der Waals surface area contributed by atoms with Gasteiger partial charge in [0.25, 0.3) is 0 Å². The lowest BCUT2D eigenvalue weighted by Crippen LogP contribution is -1.99. The van der Waals surface area contributed by atoms with Crippen LogP contribution in [-0.4, -0.2) is 6.43 Å². The number of halogens is 2. The Morgan fingerprint density at radius 3 is 2.53 bits per heavy atom. The largest absolute Gasteiger partial charge is 0.242 e. The smallest absolute Gasteiger partial charge is 0.210 e. The summed E-state index contributed by atoms with van der Waals surface area (Å²) in [7, 11) is 0. The summed E-state index contributed by atoms with van der Waals surface area (Å²) < 4.78 is 24.7. The van der Waals surface area contributed by atoms with Gasteiger partial charge in [0.1, 0.15) is 0 Å². The first-order chi connectivity index (χ1) is 8.20.